The van der Waals surface area contributed by atoms with Crippen molar-refractivity contribution in [2.75, 3.05) is 7.11 Å². The standard InChI is InChI=1S/C14H21N3O/c1-4-17-13-8-6-5-7-12(13)16-14(17)9-11(15)10(2)18-3/h5-8,10-11H,4,9,15H2,1-3H3. The molecule has 2 unspecified atom stereocenters. The number of nitrogens with two attached hydrogens (primary N) is 1. The number of benzene rings is 1. The lowest BCUT2D eigenvalue weighted by atomic mass is 10.1. The molecule has 0 bridgehead atoms. The van der Waals surface area contributed by atoms with E-state index in [1.54, 1.807) is 7.11 Å². The van der Waals surface area contributed by atoms with Gasteiger partial charge in [0.1, 0.15) is 5.82 Å². The zero-order valence-electron chi connectivity index (χ0n) is 11.3. The van der Waals surface area contributed by atoms with E-state index < -0.39 is 0 Å². The van der Waals surface area contributed by atoms with Gasteiger partial charge in [-0.2, -0.15) is 0 Å². The number of fused-ring (bicyclic) bond motifs is 1. The Balaban J connectivity index is 2.33. The fraction of sp³-hybridized carbons (Fsp3) is 0.500. The summed E-state index contributed by atoms with van der Waals surface area (Å²) in [5.74, 6) is 1.04. The smallest absolute Gasteiger partial charge is 0.111 e. The Bertz CT molecular complexity index is 521. The third-order valence-electron chi connectivity index (χ3n) is 3.44. The van der Waals surface area contributed by atoms with Crippen LogP contribution in [0.1, 0.15) is 19.7 Å². The highest BCUT2D eigenvalue weighted by Crippen LogP contribution is 2.17. The Hall–Kier alpha value is -1.39. The second-order valence-corrected chi connectivity index (χ2v) is 4.57. The summed E-state index contributed by atoms with van der Waals surface area (Å²) in [6, 6.07) is 8.16. The fourth-order valence-corrected chi connectivity index (χ4v) is 2.19. The molecule has 0 fully saturated rings. The molecule has 4 heteroatoms. The second kappa shape index (κ2) is 5.50. The third kappa shape index (κ3) is 2.40. The van der Waals surface area contributed by atoms with E-state index in [0.717, 1.165) is 24.3 Å². The van der Waals surface area contributed by atoms with Gasteiger partial charge in [-0.1, -0.05) is 12.1 Å². The minimum Gasteiger partial charge on any atom is -0.380 e. The molecule has 1 aromatic heterocycles. The van der Waals surface area contributed by atoms with E-state index in [1.807, 2.05) is 25.1 Å². The predicted molar refractivity (Wildman–Crippen MR) is 73.6 cm³/mol. The van der Waals surface area contributed by atoms with E-state index in [4.69, 9.17) is 10.5 Å². The van der Waals surface area contributed by atoms with Crippen molar-refractivity contribution in [1.29, 1.82) is 0 Å². The average molecular weight is 247 g/mol. The molecule has 1 heterocycles. The van der Waals surface area contributed by atoms with Gasteiger partial charge in [-0.05, 0) is 26.0 Å². The minimum absolute atomic E-state index is 0.0305. The van der Waals surface area contributed by atoms with Crippen LogP contribution in [-0.4, -0.2) is 28.8 Å². The number of hydrogen-bond acceptors (Lipinski definition) is 3. The van der Waals surface area contributed by atoms with Crippen LogP contribution in [0.25, 0.3) is 11.0 Å². The van der Waals surface area contributed by atoms with Crippen molar-refractivity contribution in [3.8, 4) is 0 Å². The van der Waals surface area contributed by atoms with Crippen molar-refractivity contribution in [2.24, 2.45) is 5.73 Å². The van der Waals surface area contributed by atoms with Gasteiger partial charge in [0.15, 0.2) is 0 Å². The quantitative estimate of drug-likeness (QED) is 0.878. The topological polar surface area (TPSA) is 53.1 Å². The summed E-state index contributed by atoms with van der Waals surface area (Å²) in [7, 11) is 1.69. The molecular weight excluding hydrogens is 226 g/mol. The molecule has 0 saturated heterocycles. The summed E-state index contributed by atoms with van der Waals surface area (Å²) in [4.78, 5) is 4.67. The normalized spacial score (nSPS) is 14.9. The molecular formula is C14H21N3O. The van der Waals surface area contributed by atoms with Crippen molar-refractivity contribution in [2.45, 2.75) is 39.0 Å². The van der Waals surface area contributed by atoms with Gasteiger partial charge in [0.2, 0.25) is 0 Å². The van der Waals surface area contributed by atoms with Gasteiger partial charge in [0, 0.05) is 26.1 Å². The summed E-state index contributed by atoms with van der Waals surface area (Å²) < 4.78 is 7.49. The van der Waals surface area contributed by atoms with Crippen molar-refractivity contribution in [3.63, 3.8) is 0 Å². The van der Waals surface area contributed by atoms with Gasteiger partial charge < -0.3 is 15.0 Å². The molecule has 98 valence electrons. The van der Waals surface area contributed by atoms with E-state index in [9.17, 15) is 0 Å². The fourth-order valence-electron chi connectivity index (χ4n) is 2.19. The first-order valence-electron chi connectivity index (χ1n) is 6.39. The van der Waals surface area contributed by atoms with Crippen LogP contribution in [0.3, 0.4) is 0 Å². The number of methoxy groups -OCH3 is 1. The number of hydrogen-bond donors (Lipinski definition) is 1. The van der Waals surface area contributed by atoms with E-state index in [0.29, 0.717) is 0 Å². The number of imidazole rings is 1. The Labute approximate surface area is 108 Å². The van der Waals surface area contributed by atoms with Gasteiger partial charge in [0.05, 0.1) is 17.1 Å². The molecule has 18 heavy (non-hydrogen) atoms. The maximum atomic E-state index is 6.13. The van der Waals surface area contributed by atoms with Crippen LogP contribution in [0.4, 0.5) is 0 Å². The Morgan fingerprint density at radius 2 is 2.11 bits per heavy atom. The SMILES string of the molecule is CCn1c(CC(N)C(C)OC)nc2ccccc21. The molecule has 0 spiro atoms. The number of rotatable bonds is 5. The van der Waals surface area contributed by atoms with Crippen LogP contribution in [0, 0.1) is 0 Å². The third-order valence-corrected chi connectivity index (χ3v) is 3.44. The first-order valence-corrected chi connectivity index (χ1v) is 6.39. The molecule has 2 atom stereocenters. The van der Waals surface area contributed by atoms with Crippen LogP contribution in [0.5, 0.6) is 0 Å². The van der Waals surface area contributed by atoms with E-state index in [-0.39, 0.29) is 12.1 Å². The lowest BCUT2D eigenvalue weighted by molar-refractivity contribution is 0.0948. The summed E-state index contributed by atoms with van der Waals surface area (Å²) in [6.07, 6.45) is 0.771. The van der Waals surface area contributed by atoms with Crippen molar-refractivity contribution < 1.29 is 4.74 Å². The molecule has 0 radical (unpaired) electrons. The molecule has 2 rings (SSSR count). The molecule has 2 N–H and O–H groups in total. The van der Waals surface area contributed by atoms with E-state index in [2.05, 4.69) is 22.5 Å². The first-order chi connectivity index (χ1) is 8.67. The molecule has 1 aromatic carbocycles. The molecule has 0 aliphatic rings. The van der Waals surface area contributed by atoms with Gasteiger partial charge in [-0.25, -0.2) is 4.98 Å². The number of nitrogens with zero attached hydrogens (tertiary/aromatic N) is 2. The molecule has 0 amide bonds. The molecule has 0 saturated carbocycles. The molecule has 4 nitrogen and oxygen atoms in total. The number of aryl methyl sites for hydroxylation is 1. The predicted octanol–water partition coefficient (Wildman–Crippen LogP) is 1.96. The maximum Gasteiger partial charge on any atom is 0.111 e. The number of ether oxygens (including phenoxy) is 1. The zero-order valence-corrected chi connectivity index (χ0v) is 11.3. The lowest BCUT2D eigenvalue weighted by Gasteiger charge is -2.18. The largest absolute Gasteiger partial charge is 0.380 e. The summed E-state index contributed by atoms with van der Waals surface area (Å²) in [6.45, 7) is 5.02. The lowest BCUT2D eigenvalue weighted by Crippen LogP contribution is -2.36. The van der Waals surface area contributed by atoms with Crippen molar-refractivity contribution in [3.05, 3.63) is 30.1 Å². The summed E-state index contributed by atoms with van der Waals surface area (Å²) in [5, 5.41) is 0. The summed E-state index contributed by atoms with van der Waals surface area (Å²) >= 11 is 0. The highest BCUT2D eigenvalue weighted by atomic mass is 16.5. The Morgan fingerprint density at radius 3 is 2.78 bits per heavy atom. The molecule has 0 aliphatic carbocycles. The highest BCUT2D eigenvalue weighted by Gasteiger charge is 2.17. The number of aromatic nitrogens is 2. The second-order valence-electron chi connectivity index (χ2n) is 4.57. The van der Waals surface area contributed by atoms with Crippen molar-refractivity contribution in [1.82, 2.24) is 9.55 Å². The van der Waals surface area contributed by atoms with Crippen molar-refractivity contribution >= 4 is 11.0 Å². The Kier molecular flexibility index (Phi) is 3.99. The van der Waals surface area contributed by atoms with Gasteiger partial charge in [-0.15, -0.1) is 0 Å². The van der Waals surface area contributed by atoms with Gasteiger partial charge in [0.25, 0.3) is 0 Å². The monoisotopic (exact) mass is 247 g/mol. The maximum absolute atomic E-state index is 6.13. The summed E-state index contributed by atoms with van der Waals surface area (Å²) in [5.41, 5.74) is 8.33. The van der Waals surface area contributed by atoms with E-state index >= 15 is 0 Å². The first kappa shape index (κ1) is 13.1. The highest BCUT2D eigenvalue weighted by molar-refractivity contribution is 5.75. The Morgan fingerprint density at radius 1 is 1.39 bits per heavy atom. The van der Waals surface area contributed by atoms with Crippen LogP contribution in [0.15, 0.2) is 24.3 Å². The number of para-hydroxylation sites is 2. The molecule has 0 aliphatic heterocycles. The minimum atomic E-state index is -0.0305. The average Bonchev–Trinajstić information content (AvgIpc) is 2.74. The van der Waals surface area contributed by atoms with Gasteiger partial charge in [-0.3, -0.25) is 0 Å². The molecule has 2 aromatic rings. The van der Waals surface area contributed by atoms with Crippen LogP contribution in [-0.2, 0) is 17.7 Å². The van der Waals surface area contributed by atoms with Crippen LogP contribution < -0.4 is 5.73 Å². The van der Waals surface area contributed by atoms with E-state index in [1.165, 1.54) is 5.52 Å². The van der Waals surface area contributed by atoms with Crippen LogP contribution >= 0.6 is 0 Å². The van der Waals surface area contributed by atoms with Gasteiger partial charge >= 0.3 is 0 Å². The van der Waals surface area contributed by atoms with Crippen LogP contribution in [0.2, 0.25) is 0 Å². The zero-order chi connectivity index (χ0) is 13.1.